The van der Waals surface area contributed by atoms with Crippen molar-refractivity contribution in [1.29, 1.82) is 0 Å². The second-order valence-electron chi connectivity index (χ2n) is 2.46. The van der Waals surface area contributed by atoms with E-state index in [1.165, 1.54) is 0 Å². The van der Waals surface area contributed by atoms with Crippen molar-refractivity contribution in [3.63, 3.8) is 0 Å². The predicted molar refractivity (Wildman–Crippen MR) is 43.7 cm³/mol. The van der Waals surface area contributed by atoms with Crippen molar-refractivity contribution < 1.29 is 14.3 Å². The quantitative estimate of drug-likeness (QED) is 0.493. The minimum Gasteiger partial charge on any atom is -0.460 e. The highest BCUT2D eigenvalue weighted by Gasteiger charge is 2.15. The summed E-state index contributed by atoms with van der Waals surface area (Å²) in [4.78, 5) is 10.8. The van der Waals surface area contributed by atoms with E-state index in [1.807, 2.05) is 0 Å². The second-order valence-corrected chi connectivity index (χ2v) is 3.11. The summed E-state index contributed by atoms with van der Waals surface area (Å²) in [7, 11) is 0. The molecule has 4 heteroatoms. The van der Waals surface area contributed by atoms with E-state index in [4.69, 9.17) is 9.47 Å². The van der Waals surface area contributed by atoms with Crippen LogP contribution in [0.1, 0.15) is 12.8 Å². The number of carbonyl (C=O) groups excluding carboxylic acids is 1. The number of cyclic esters (lactones) is 1. The van der Waals surface area contributed by atoms with Crippen molar-refractivity contribution in [3.8, 4) is 0 Å². The molecule has 0 aliphatic carbocycles. The van der Waals surface area contributed by atoms with Gasteiger partial charge in [0.2, 0.25) is 0 Å². The molecular weight excluding hydrogens is 212 g/mol. The van der Waals surface area contributed by atoms with Crippen molar-refractivity contribution in [2.75, 3.05) is 18.5 Å². The summed E-state index contributed by atoms with van der Waals surface area (Å²) in [5, 5.41) is 0.721. The molecule has 1 heterocycles. The lowest BCUT2D eigenvalue weighted by atomic mass is 10.2. The molecule has 11 heavy (non-hydrogen) atoms. The molecule has 0 radical (unpaired) electrons. The molecule has 1 unspecified atom stereocenters. The van der Waals surface area contributed by atoms with E-state index in [0.717, 1.165) is 18.2 Å². The molecule has 1 aliphatic rings. The van der Waals surface area contributed by atoms with Gasteiger partial charge in [-0.25, -0.2) is 4.79 Å². The number of hydrogen-bond donors (Lipinski definition) is 0. The minimum atomic E-state index is -0.255. The molecule has 0 aromatic rings. The fourth-order valence-electron chi connectivity index (χ4n) is 0.956. The van der Waals surface area contributed by atoms with Crippen molar-refractivity contribution in [3.05, 3.63) is 0 Å². The normalized spacial score (nSPS) is 27.0. The van der Waals surface area contributed by atoms with Gasteiger partial charge in [-0.2, -0.15) is 0 Å². The molecule has 1 saturated heterocycles. The van der Waals surface area contributed by atoms with E-state index in [2.05, 4.69) is 15.9 Å². The molecule has 0 bridgehead atoms. The number of alkyl halides is 1. The van der Waals surface area contributed by atoms with Gasteiger partial charge in [0, 0.05) is 11.9 Å². The number of rotatable bonds is 1. The number of ether oxygens (including phenoxy) is 2. The van der Waals surface area contributed by atoms with Crippen molar-refractivity contribution >= 4 is 21.9 Å². The summed E-state index contributed by atoms with van der Waals surface area (Å²) in [6, 6.07) is 0. The van der Waals surface area contributed by atoms with Crippen molar-refractivity contribution in [2.24, 2.45) is 0 Å². The zero-order valence-corrected chi connectivity index (χ0v) is 7.80. The van der Waals surface area contributed by atoms with Crippen LogP contribution in [0.15, 0.2) is 0 Å². The van der Waals surface area contributed by atoms with E-state index >= 15 is 0 Å². The predicted octanol–water partition coefficient (Wildman–Crippen LogP) is 1.10. The molecule has 3 nitrogen and oxygen atoms in total. The lowest BCUT2D eigenvalue weighted by Gasteiger charge is -2.18. The van der Waals surface area contributed by atoms with E-state index in [9.17, 15) is 4.79 Å². The third kappa shape index (κ3) is 3.20. The molecule has 1 atom stereocenters. The van der Waals surface area contributed by atoms with Crippen molar-refractivity contribution in [1.82, 2.24) is 0 Å². The van der Waals surface area contributed by atoms with Gasteiger partial charge in [0.05, 0.1) is 0 Å². The van der Waals surface area contributed by atoms with Crippen LogP contribution in [0.25, 0.3) is 0 Å². The average Bonchev–Trinajstić information content (AvgIpc) is 1.96. The Labute approximate surface area is 74.2 Å². The van der Waals surface area contributed by atoms with Gasteiger partial charge in [-0.1, -0.05) is 15.9 Å². The Bertz CT molecular complexity index is 138. The first-order valence-electron chi connectivity index (χ1n) is 3.66. The van der Waals surface area contributed by atoms with Crippen LogP contribution in [0.5, 0.6) is 0 Å². The topological polar surface area (TPSA) is 35.5 Å². The summed E-state index contributed by atoms with van der Waals surface area (Å²) in [5.41, 5.74) is 0. The molecule has 64 valence electrons. The number of halogens is 1. The van der Waals surface area contributed by atoms with Gasteiger partial charge in [0.1, 0.15) is 12.7 Å². The number of esters is 1. The van der Waals surface area contributed by atoms with Gasteiger partial charge in [-0.05, 0) is 12.8 Å². The first-order chi connectivity index (χ1) is 5.33. The largest absolute Gasteiger partial charge is 0.460 e. The summed E-state index contributed by atoms with van der Waals surface area (Å²) >= 11 is 3.28. The molecule has 1 aliphatic heterocycles. The van der Waals surface area contributed by atoms with Gasteiger partial charge in [-0.15, -0.1) is 0 Å². The first-order valence-corrected chi connectivity index (χ1v) is 4.78. The summed E-state index contributed by atoms with van der Waals surface area (Å²) in [6.45, 7) is 0.766. The summed E-state index contributed by atoms with van der Waals surface area (Å²) < 4.78 is 10.0. The van der Waals surface area contributed by atoms with Gasteiger partial charge >= 0.3 is 5.97 Å². The Morgan fingerprint density at radius 2 is 2.45 bits per heavy atom. The maximum Gasteiger partial charge on any atom is 0.332 e. The molecule has 0 spiro atoms. The van der Waals surface area contributed by atoms with Gasteiger partial charge < -0.3 is 9.47 Å². The van der Waals surface area contributed by atoms with E-state index in [1.54, 1.807) is 0 Å². The average molecular weight is 223 g/mol. The van der Waals surface area contributed by atoms with Crippen LogP contribution in [0.2, 0.25) is 0 Å². The fraction of sp³-hybridized carbons (Fsp3) is 0.857. The lowest BCUT2D eigenvalue weighted by molar-refractivity contribution is -0.156. The Kier molecular flexibility index (Phi) is 3.86. The molecule has 0 aromatic carbocycles. The SMILES string of the molecule is O=C1COCCCC(CBr)O1. The zero-order valence-electron chi connectivity index (χ0n) is 6.22. The molecule has 1 fully saturated rings. The number of hydrogen-bond acceptors (Lipinski definition) is 3. The monoisotopic (exact) mass is 222 g/mol. The van der Waals surface area contributed by atoms with Gasteiger partial charge in [0.25, 0.3) is 0 Å². The van der Waals surface area contributed by atoms with E-state index in [0.29, 0.717) is 6.61 Å². The smallest absolute Gasteiger partial charge is 0.332 e. The lowest BCUT2D eigenvalue weighted by Crippen LogP contribution is -2.26. The van der Waals surface area contributed by atoms with Crippen LogP contribution >= 0.6 is 15.9 Å². The van der Waals surface area contributed by atoms with Crippen LogP contribution in [-0.4, -0.2) is 30.6 Å². The second kappa shape index (κ2) is 4.72. The molecule has 0 saturated carbocycles. The molecule has 0 aromatic heterocycles. The van der Waals surface area contributed by atoms with Gasteiger partial charge in [0.15, 0.2) is 0 Å². The fourth-order valence-corrected chi connectivity index (χ4v) is 1.41. The Morgan fingerprint density at radius 3 is 3.18 bits per heavy atom. The van der Waals surface area contributed by atoms with Crippen LogP contribution in [0.4, 0.5) is 0 Å². The van der Waals surface area contributed by atoms with Crippen LogP contribution in [0, 0.1) is 0 Å². The highest BCUT2D eigenvalue weighted by atomic mass is 79.9. The van der Waals surface area contributed by atoms with E-state index in [-0.39, 0.29) is 18.7 Å². The Morgan fingerprint density at radius 1 is 1.64 bits per heavy atom. The Hall–Kier alpha value is -0.0900. The van der Waals surface area contributed by atoms with Crippen molar-refractivity contribution in [2.45, 2.75) is 18.9 Å². The highest BCUT2D eigenvalue weighted by Crippen LogP contribution is 2.09. The number of carbonyl (C=O) groups is 1. The zero-order chi connectivity index (χ0) is 8.10. The maximum absolute atomic E-state index is 10.8. The molecule has 0 amide bonds. The molecular formula is C7H11BrO3. The summed E-state index contributed by atoms with van der Waals surface area (Å²) in [6.07, 6.45) is 1.88. The standard InChI is InChI=1S/C7H11BrO3/c8-4-6-2-1-3-10-5-7(9)11-6/h6H,1-5H2. The van der Waals surface area contributed by atoms with Gasteiger partial charge in [-0.3, -0.25) is 0 Å². The highest BCUT2D eigenvalue weighted by molar-refractivity contribution is 9.09. The van der Waals surface area contributed by atoms with Crippen LogP contribution in [-0.2, 0) is 14.3 Å². The summed E-state index contributed by atoms with van der Waals surface area (Å²) in [5.74, 6) is -0.255. The van der Waals surface area contributed by atoms with E-state index < -0.39 is 0 Å². The maximum atomic E-state index is 10.8. The Balaban J connectivity index is 2.35. The first kappa shape index (κ1) is 9.00. The minimum absolute atomic E-state index is 0.0337. The molecule has 0 N–H and O–H groups in total. The third-order valence-electron chi connectivity index (χ3n) is 1.50. The third-order valence-corrected chi connectivity index (χ3v) is 2.23. The van der Waals surface area contributed by atoms with Crippen LogP contribution in [0.3, 0.4) is 0 Å². The molecule has 1 rings (SSSR count). The van der Waals surface area contributed by atoms with Crippen LogP contribution < -0.4 is 0 Å².